The molecule has 0 aliphatic carbocycles. The second-order valence-corrected chi connectivity index (χ2v) is 3.67. The first kappa shape index (κ1) is 10.3. The van der Waals surface area contributed by atoms with Gasteiger partial charge in [0.1, 0.15) is 0 Å². The van der Waals surface area contributed by atoms with Crippen LogP contribution in [0.4, 0.5) is 0 Å². The molecule has 1 saturated heterocycles. The summed E-state index contributed by atoms with van der Waals surface area (Å²) < 4.78 is 0. The van der Waals surface area contributed by atoms with E-state index < -0.39 is 0 Å². The van der Waals surface area contributed by atoms with Crippen molar-refractivity contribution in [2.75, 3.05) is 6.54 Å². The lowest BCUT2D eigenvalue weighted by atomic mass is 10.2. The van der Waals surface area contributed by atoms with E-state index in [1.54, 1.807) is 0 Å². The Labute approximate surface area is 80.6 Å². The Balaban J connectivity index is 2.20. The van der Waals surface area contributed by atoms with E-state index in [0.717, 1.165) is 25.1 Å². The number of hydrogen-bond acceptors (Lipinski definition) is 1. The smallest absolute Gasteiger partial charge is 0.227 e. The van der Waals surface area contributed by atoms with Gasteiger partial charge >= 0.3 is 0 Å². The van der Waals surface area contributed by atoms with Gasteiger partial charge in [-0.2, -0.15) is 0 Å². The van der Waals surface area contributed by atoms with Crippen LogP contribution in [0.1, 0.15) is 45.4 Å². The fourth-order valence-corrected chi connectivity index (χ4v) is 1.68. The monoisotopic (exact) mass is 181 g/mol. The third-order valence-corrected chi connectivity index (χ3v) is 2.55. The van der Waals surface area contributed by atoms with Gasteiger partial charge in [-0.25, -0.2) is 0 Å². The molecule has 1 aliphatic heterocycles. The highest BCUT2D eigenvalue weighted by Crippen LogP contribution is 2.20. The van der Waals surface area contributed by atoms with Crippen molar-refractivity contribution in [1.82, 2.24) is 4.90 Å². The van der Waals surface area contributed by atoms with E-state index in [4.69, 9.17) is 0 Å². The third-order valence-electron chi connectivity index (χ3n) is 2.55. The number of carbonyl (C=O) groups is 1. The van der Waals surface area contributed by atoms with Crippen LogP contribution in [0.2, 0.25) is 0 Å². The quantitative estimate of drug-likeness (QED) is 0.597. The number of rotatable bonds is 5. The van der Waals surface area contributed by atoms with Crippen molar-refractivity contribution < 1.29 is 4.79 Å². The molecule has 1 aliphatic rings. The molecule has 0 spiro atoms. The van der Waals surface area contributed by atoms with Gasteiger partial charge < -0.3 is 4.90 Å². The van der Waals surface area contributed by atoms with Crippen LogP contribution >= 0.6 is 0 Å². The SMILES string of the molecule is C=C1CCC(=O)N1CCCCCC. The second kappa shape index (κ2) is 5.05. The van der Waals surface area contributed by atoms with Crippen LogP contribution in [-0.4, -0.2) is 17.4 Å². The number of amides is 1. The molecule has 0 atom stereocenters. The molecule has 0 saturated carbocycles. The molecule has 1 heterocycles. The van der Waals surface area contributed by atoms with Crippen molar-refractivity contribution in [3.05, 3.63) is 12.3 Å². The van der Waals surface area contributed by atoms with Crippen LogP contribution in [0.5, 0.6) is 0 Å². The summed E-state index contributed by atoms with van der Waals surface area (Å²) in [5.74, 6) is 0.265. The van der Waals surface area contributed by atoms with Gasteiger partial charge in [-0.1, -0.05) is 32.8 Å². The van der Waals surface area contributed by atoms with Gasteiger partial charge in [-0.05, 0) is 12.8 Å². The Bertz CT molecular complexity index is 182. The zero-order chi connectivity index (χ0) is 9.68. The molecule has 2 heteroatoms. The summed E-state index contributed by atoms with van der Waals surface area (Å²) in [5.41, 5.74) is 1.02. The molecule has 74 valence electrons. The fraction of sp³-hybridized carbons (Fsp3) is 0.727. The molecule has 0 unspecified atom stereocenters. The molecular weight excluding hydrogens is 162 g/mol. The van der Waals surface area contributed by atoms with Gasteiger partial charge in [0.2, 0.25) is 5.91 Å². The Morgan fingerprint density at radius 3 is 2.62 bits per heavy atom. The molecule has 0 aromatic carbocycles. The van der Waals surface area contributed by atoms with Crippen LogP contribution in [0, 0.1) is 0 Å². The van der Waals surface area contributed by atoms with Crippen molar-refractivity contribution in [2.24, 2.45) is 0 Å². The molecule has 0 aromatic rings. The minimum atomic E-state index is 0.265. The molecular formula is C11H19NO. The van der Waals surface area contributed by atoms with E-state index in [0.29, 0.717) is 6.42 Å². The first-order chi connectivity index (χ1) is 6.25. The maximum atomic E-state index is 11.3. The van der Waals surface area contributed by atoms with Crippen LogP contribution in [0.25, 0.3) is 0 Å². The summed E-state index contributed by atoms with van der Waals surface area (Å²) in [7, 11) is 0. The van der Waals surface area contributed by atoms with Gasteiger partial charge in [-0.3, -0.25) is 4.79 Å². The number of allylic oxidation sites excluding steroid dienone is 1. The molecule has 1 amide bonds. The number of unbranched alkanes of at least 4 members (excludes halogenated alkanes) is 3. The largest absolute Gasteiger partial charge is 0.317 e. The number of likely N-dealkylation sites (tertiary alicyclic amines) is 1. The van der Waals surface area contributed by atoms with Crippen molar-refractivity contribution in [3.8, 4) is 0 Å². The Hall–Kier alpha value is -0.790. The Kier molecular flexibility index (Phi) is 4.00. The normalized spacial score (nSPS) is 17.2. The molecule has 0 aromatic heterocycles. The average Bonchev–Trinajstić information content (AvgIpc) is 2.42. The minimum Gasteiger partial charge on any atom is -0.317 e. The van der Waals surface area contributed by atoms with Gasteiger partial charge in [0, 0.05) is 18.7 Å². The zero-order valence-electron chi connectivity index (χ0n) is 8.51. The van der Waals surface area contributed by atoms with Crippen molar-refractivity contribution in [2.45, 2.75) is 45.4 Å². The van der Waals surface area contributed by atoms with Crippen molar-refractivity contribution in [1.29, 1.82) is 0 Å². The standard InChI is InChI=1S/C11H19NO/c1-3-4-5-6-9-12-10(2)7-8-11(12)13/h2-9H2,1H3. The third kappa shape index (κ3) is 2.87. The van der Waals surface area contributed by atoms with Crippen LogP contribution < -0.4 is 0 Å². The maximum absolute atomic E-state index is 11.3. The summed E-state index contributed by atoms with van der Waals surface area (Å²) in [6, 6.07) is 0. The minimum absolute atomic E-state index is 0.265. The van der Waals surface area contributed by atoms with Crippen LogP contribution in [-0.2, 0) is 4.79 Å². The highest BCUT2D eigenvalue weighted by Gasteiger charge is 2.22. The Morgan fingerprint density at radius 1 is 1.31 bits per heavy atom. The van der Waals surface area contributed by atoms with Crippen molar-refractivity contribution >= 4 is 5.91 Å². The number of nitrogens with zero attached hydrogens (tertiary/aromatic N) is 1. The molecule has 0 N–H and O–H groups in total. The molecule has 1 fully saturated rings. The lowest BCUT2D eigenvalue weighted by Gasteiger charge is -2.16. The van der Waals surface area contributed by atoms with E-state index >= 15 is 0 Å². The van der Waals surface area contributed by atoms with Gasteiger partial charge in [0.25, 0.3) is 0 Å². The van der Waals surface area contributed by atoms with Crippen LogP contribution in [0.15, 0.2) is 12.3 Å². The topological polar surface area (TPSA) is 20.3 Å². The van der Waals surface area contributed by atoms with E-state index in [-0.39, 0.29) is 5.91 Å². The highest BCUT2D eigenvalue weighted by atomic mass is 16.2. The van der Waals surface area contributed by atoms with Gasteiger partial charge in [-0.15, -0.1) is 0 Å². The second-order valence-electron chi connectivity index (χ2n) is 3.67. The Morgan fingerprint density at radius 2 is 2.08 bits per heavy atom. The zero-order valence-corrected chi connectivity index (χ0v) is 8.51. The van der Waals surface area contributed by atoms with E-state index in [9.17, 15) is 4.79 Å². The van der Waals surface area contributed by atoms with E-state index in [1.807, 2.05) is 4.90 Å². The summed E-state index contributed by atoms with van der Waals surface area (Å²) >= 11 is 0. The summed E-state index contributed by atoms with van der Waals surface area (Å²) in [6.45, 7) is 6.97. The van der Waals surface area contributed by atoms with Gasteiger partial charge in [0.05, 0.1) is 0 Å². The fourth-order valence-electron chi connectivity index (χ4n) is 1.68. The lowest BCUT2D eigenvalue weighted by Crippen LogP contribution is -2.23. The molecule has 2 nitrogen and oxygen atoms in total. The van der Waals surface area contributed by atoms with Crippen LogP contribution in [0.3, 0.4) is 0 Å². The highest BCUT2D eigenvalue weighted by molar-refractivity contribution is 5.81. The molecule has 13 heavy (non-hydrogen) atoms. The summed E-state index contributed by atoms with van der Waals surface area (Å²) in [6.07, 6.45) is 6.41. The summed E-state index contributed by atoms with van der Waals surface area (Å²) in [5, 5.41) is 0. The van der Waals surface area contributed by atoms with Crippen molar-refractivity contribution in [3.63, 3.8) is 0 Å². The van der Waals surface area contributed by atoms with E-state index in [1.165, 1.54) is 19.3 Å². The molecule has 0 bridgehead atoms. The molecule has 0 radical (unpaired) electrons. The predicted molar refractivity (Wildman–Crippen MR) is 54.2 cm³/mol. The number of hydrogen-bond donors (Lipinski definition) is 0. The first-order valence-electron chi connectivity index (χ1n) is 5.24. The van der Waals surface area contributed by atoms with E-state index in [2.05, 4.69) is 13.5 Å². The number of carbonyl (C=O) groups excluding carboxylic acids is 1. The predicted octanol–water partition coefficient (Wildman–Crippen LogP) is 2.70. The average molecular weight is 181 g/mol. The molecule has 1 rings (SSSR count). The first-order valence-corrected chi connectivity index (χ1v) is 5.24. The lowest BCUT2D eigenvalue weighted by molar-refractivity contribution is -0.126. The summed E-state index contributed by atoms with van der Waals surface area (Å²) in [4.78, 5) is 13.2. The maximum Gasteiger partial charge on any atom is 0.227 e. The van der Waals surface area contributed by atoms with Gasteiger partial charge in [0.15, 0.2) is 0 Å².